The third-order valence-electron chi connectivity index (χ3n) is 4.64. The van der Waals surface area contributed by atoms with Crippen molar-refractivity contribution in [3.63, 3.8) is 0 Å². The van der Waals surface area contributed by atoms with Crippen molar-refractivity contribution in [3.05, 3.63) is 28.1 Å². The number of benzene rings is 1. The van der Waals surface area contributed by atoms with Gasteiger partial charge in [-0.05, 0) is 44.5 Å². The van der Waals surface area contributed by atoms with Crippen LogP contribution in [0.1, 0.15) is 35.9 Å². The van der Waals surface area contributed by atoms with E-state index in [4.69, 9.17) is 16.3 Å². The highest BCUT2D eigenvalue weighted by Gasteiger charge is 2.21. The number of hydrogen-bond acceptors (Lipinski definition) is 4. The Bertz CT molecular complexity index is 731. The van der Waals surface area contributed by atoms with Gasteiger partial charge in [0.25, 0.3) is 5.91 Å². The molecule has 1 amide bonds. The van der Waals surface area contributed by atoms with E-state index in [2.05, 4.69) is 17.1 Å². The van der Waals surface area contributed by atoms with Crippen LogP contribution in [0.5, 0.6) is 5.75 Å². The van der Waals surface area contributed by atoms with Crippen LogP contribution < -0.4 is 10.1 Å². The number of rotatable bonds is 5. The van der Waals surface area contributed by atoms with Gasteiger partial charge in [-0.25, -0.2) is 0 Å². The van der Waals surface area contributed by atoms with Gasteiger partial charge in [-0.3, -0.25) is 9.69 Å². The van der Waals surface area contributed by atoms with Crippen molar-refractivity contribution in [1.29, 1.82) is 0 Å². The number of carbonyl (C=O) groups excluding carboxylic acids is 1. The summed E-state index contributed by atoms with van der Waals surface area (Å²) in [7, 11) is 1.60. The van der Waals surface area contributed by atoms with Crippen molar-refractivity contribution in [2.24, 2.45) is 0 Å². The molecule has 1 fully saturated rings. The SMILES string of the molecule is COc1c(C(=O)NCCN2CCCC[C@H]2C)sc2cc(Cl)ccc12. The van der Waals surface area contributed by atoms with Crippen LogP contribution in [-0.4, -0.2) is 43.6 Å². The maximum atomic E-state index is 12.6. The van der Waals surface area contributed by atoms with Gasteiger partial charge in [0.2, 0.25) is 0 Å². The molecule has 6 heteroatoms. The van der Waals surface area contributed by atoms with E-state index >= 15 is 0 Å². The highest BCUT2D eigenvalue weighted by atomic mass is 35.5. The van der Waals surface area contributed by atoms with Crippen LogP contribution in [0, 0.1) is 0 Å². The molecule has 0 radical (unpaired) electrons. The first kappa shape index (κ1) is 17.5. The molecule has 3 rings (SSSR count). The van der Waals surface area contributed by atoms with Crippen LogP contribution in [0.15, 0.2) is 18.2 Å². The Hall–Kier alpha value is -1.30. The molecule has 2 heterocycles. The highest BCUT2D eigenvalue weighted by molar-refractivity contribution is 7.21. The van der Waals surface area contributed by atoms with E-state index in [-0.39, 0.29) is 5.91 Å². The zero-order chi connectivity index (χ0) is 17.1. The van der Waals surface area contributed by atoms with Crippen molar-refractivity contribution in [2.75, 3.05) is 26.7 Å². The maximum Gasteiger partial charge on any atom is 0.265 e. The molecular weight excluding hydrogens is 344 g/mol. The minimum Gasteiger partial charge on any atom is -0.494 e. The summed E-state index contributed by atoms with van der Waals surface area (Å²) in [5.41, 5.74) is 0. The van der Waals surface area contributed by atoms with Gasteiger partial charge in [-0.1, -0.05) is 18.0 Å². The van der Waals surface area contributed by atoms with Crippen molar-refractivity contribution in [1.82, 2.24) is 10.2 Å². The summed E-state index contributed by atoms with van der Waals surface area (Å²) >= 11 is 7.47. The lowest BCUT2D eigenvalue weighted by atomic mass is 10.0. The van der Waals surface area contributed by atoms with Gasteiger partial charge >= 0.3 is 0 Å². The van der Waals surface area contributed by atoms with Gasteiger partial charge in [0.15, 0.2) is 0 Å². The number of methoxy groups -OCH3 is 1. The lowest BCUT2D eigenvalue weighted by Crippen LogP contribution is -2.42. The third-order valence-corrected chi connectivity index (χ3v) is 6.01. The van der Waals surface area contributed by atoms with E-state index in [9.17, 15) is 4.79 Å². The molecule has 0 saturated carbocycles. The molecule has 1 N–H and O–H groups in total. The molecule has 1 aliphatic heterocycles. The van der Waals surface area contributed by atoms with Crippen LogP contribution in [0.2, 0.25) is 5.02 Å². The van der Waals surface area contributed by atoms with Crippen molar-refractivity contribution in [2.45, 2.75) is 32.2 Å². The molecule has 130 valence electrons. The molecule has 0 unspecified atom stereocenters. The van der Waals surface area contributed by atoms with E-state index in [1.807, 2.05) is 18.2 Å². The fraction of sp³-hybridized carbons (Fsp3) is 0.500. The van der Waals surface area contributed by atoms with E-state index in [1.165, 1.54) is 30.6 Å². The number of hydrogen-bond donors (Lipinski definition) is 1. The number of nitrogens with one attached hydrogen (secondary N) is 1. The van der Waals surface area contributed by atoms with E-state index in [1.54, 1.807) is 7.11 Å². The first-order valence-electron chi connectivity index (χ1n) is 8.38. The van der Waals surface area contributed by atoms with Crippen LogP contribution in [0.3, 0.4) is 0 Å². The molecule has 24 heavy (non-hydrogen) atoms. The third kappa shape index (κ3) is 3.68. The van der Waals surface area contributed by atoms with Gasteiger partial charge in [-0.2, -0.15) is 0 Å². The fourth-order valence-corrected chi connectivity index (χ4v) is 4.65. The number of amides is 1. The fourth-order valence-electron chi connectivity index (χ4n) is 3.28. The molecule has 1 aliphatic rings. The van der Waals surface area contributed by atoms with E-state index in [0.717, 1.165) is 23.2 Å². The summed E-state index contributed by atoms with van der Waals surface area (Å²) in [6.07, 6.45) is 3.81. The number of carbonyl (C=O) groups is 1. The van der Waals surface area contributed by atoms with Gasteiger partial charge in [0, 0.05) is 34.2 Å². The van der Waals surface area contributed by atoms with E-state index in [0.29, 0.717) is 28.2 Å². The second kappa shape index (κ2) is 7.72. The molecule has 1 aromatic carbocycles. The number of ether oxygens (including phenoxy) is 1. The minimum atomic E-state index is -0.0752. The van der Waals surface area contributed by atoms with Gasteiger partial charge in [0.1, 0.15) is 10.6 Å². The first-order chi connectivity index (χ1) is 11.6. The van der Waals surface area contributed by atoms with E-state index < -0.39 is 0 Å². The van der Waals surface area contributed by atoms with Crippen LogP contribution in [0.4, 0.5) is 0 Å². The molecule has 1 atom stereocenters. The standard InChI is InChI=1S/C18H23ClN2O2S/c1-12-5-3-4-9-21(12)10-8-20-18(22)17-16(23-2)14-7-6-13(19)11-15(14)24-17/h6-7,11-12H,3-5,8-10H2,1-2H3,(H,20,22)/t12-/m1/s1. The lowest BCUT2D eigenvalue weighted by Gasteiger charge is -2.33. The summed E-state index contributed by atoms with van der Waals surface area (Å²) in [5, 5.41) is 4.63. The predicted molar refractivity (Wildman–Crippen MR) is 101 cm³/mol. The number of likely N-dealkylation sites (tertiary alicyclic amines) is 1. The average Bonchev–Trinajstić information content (AvgIpc) is 2.94. The summed E-state index contributed by atoms with van der Waals surface area (Å²) in [4.78, 5) is 15.6. The minimum absolute atomic E-state index is 0.0752. The quantitative estimate of drug-likeness (QED) is 0.863. The predicted octanol–water partition coefficient (Wildman–Crippen LogP) is 4.17. The molecule has 4 nitrogen and oxygen atoms in total. The molecule has 1 saturated heterocycles. The zero-order valence-corrected chi connectivity index (χ0v) is 15.7. The number of thiophene rings is 1. The normalized spacial score (nSPS) is 18.7. The summed E-state index contributed by atoms with van der Waals surface area (Å²) in [6.45, 7) is 4.94. The summed E-state index contributed by atoms with van der Waals surface area (Å²) in [5.74, 6) is 0.560. The number of fused-ring (bicyclic) bond motifs is 1. The largest absolute Gasteiger partial charge is 0.494 e. The number of halogens is 1. The maximum absolute atomic E-state index is 12.6. The summed E-state index contributed by atoms with van der Waals surface area (Å²) < 4.78 is 6.44. The Morgan fingerprint density at radius 2 is 2.29 bits per heavy atom. The van der Waals surface area contributed by atoms with Crippen molar-refractivity contribution >= 4 is 38.9 Å². The Kier molecular flexibility index (Phi) is 5.64. The molecule has 1 aromatic heterocycles. The molecule has 0 aliphatic carbocycles. The smallest absolute Gasteiger partial charge is 0.265 e. The Morgan fingerprint density at radius 1 is 1.46 bits per heavy atom. The van der Waals surface area contributed by atoms with Crippen LogP contribution in [-0.2, 0) is 0 Å². The Balaban J connectivity index is 1.67. The summed E-state index contributed by atoms with van der Waals surface area (Å²) in [6, 6.07) is 6.20. The first-order valence-corrected chi connectivity index (χ1v) is 9.58. The Labute approximate surface area is 151 Å². The number of nitrogens with zero attached hydrogens (tertiary/aromatic N) is 1. The highest BCUT2D eigenvalue weighted by Crippen LogP contribution is 2.38. The topological polar surface area (TPSA) is 41.6 Å². The second-order valence-electron chi connectivity index (χ2n) is 6.24. The van der Waals surface area contributed by atoms with Gasteiger partial charge in [-0.15, -0.1) is 11.3 Å². The second-order valence-corrected chi connectivity index (χ2v) is 7.73. The van der Waals surface area contributed by atoms with Gasteiger partial charge in [0.05, 0.1) is 7.11 Å². The molecule has 0 bridgehead atoms. The van der Waals surface area contributed by atoms with Crippen molar-refractivity contribution < 1.29 is 9.53 Å². The lowest BCUT2D eigenvalue weighted by molar-refractivity contribution is 0.0940. The zero-order valence-electron chi connectivity index (χ0n) is 14.1. The molecular formula is C18H23ClN2O2S. The monoisotopic (exact) mass is 366 g/mol. The average molecular weight is 367 g/mol. The molecule has 0 spiro atoms. The van der Waals surface area contributed by atoms with Crippen LogP contribution in [0.25, 0.3) is 10.1 Å². The van der Waals surface area contributed by atoms with Crippen LogP contribution >= 0.6 is 22.9 Å². The Morgan fingerprint density at radius 3 is 3.04 bits per heavy atom. The molecule has 2 aromatic rings. The number of piperidine rings is 1. The van der Waals surface area contributed by atoms with Crippen molar-refractivity contribution in [3.8, 4) is 5.75 Å². The van der Waals surface area contributed by atoms with Gasteiger partial charge < -0.3 is 10.1 Å².